The summed E-state index contributed by atoms with van der Waals surface area (Å²) in [6.45, 7) is 1.80. The van der Waals surface area contributed by atoms with Gasteiger partial charge in [0.2, 0.25) is 11.8 Å². The maximum Gasteiger partial charge on any atom is 0.274 e. The highest BCUT2D eigenvalue weighted by atomic mass is 79.9. The average Bonchev–Trinajstić information content (AvgIpc) is 3.18. The summed E-state index contributed by atoms with van der Waals surface area (Å²) in [5, 5.41) is 14.0. The Bertz CT molecular complexity index is 1210. The molecule has 33 heavy (non-hydrogen) atoms. The van der Waals surface area contributed by atoms with Crippen molar-refractivity contribution >= 4 is 44.8 Å². The second-order valence-corrected chi connectivity index (χ2v) is 8.62. The molecule has 1 heterocycles. The van der Waals surface area contributed by atoms with E-state index in [0.717, 1.165) is 4.47 Å². The Kier molecular flexibility index (Phi) is 6.41. The predicted molar refractivity (Wildman–Crippen MR) is 128 cm³/mol. The van der Waals surface area contributed by atoms with Crippen molar-refractivity contribution in [3.63, 3.8) is 0 Å². The maximum absolute atomic E-state index is 12.7. The Hall–Kier alpha value is -3.72. The summed E-state index contributed by atoms with van der Waals surface area (Å²) in [5.41, 5.74) is 1.46. The van der Waals surface area contributed by atoms with Gasteiger partial charge in [-0.15, -0.1) is 0 Å². The first-order valence-corrected chi connectivity index (χ1v) is 11.0. The number of aryl methyl sites for hydroxylation is 1. The highest BCUT2D eigenvalue weighted by Gasteiger charge is 2.35. The Morgan fingerprint density at radius 2 is 1.73 bits per heavy atom. The van der Waals surface area contributed by atoms with Crippen LogP contribution in [0.2, 0.25) is 0 Å². The van der Waals surface area contributed by atoms with Gasteiger partial charge in [-0.2, -0.15) is 0 Å². The minimum atomic E-state index is -0.559. The number of anilines is 2. The van der Waals surface area contributed by atoms with E-state index >= 15 is 0 Å². The lowest BCUT2D eigenvalue weighted by atomic mass is 10.1. The normalized spacial score (nSPS) is 15.4. The fourth-order valence-electron chi connectivity index (χ4n) is 3.58. The zero-order chi connectivity index (χ0) is 23.5. The molecular formula is C24H20BrN3O5. The predicted octanol–water partition coefficient (Wildman–Crippen LogP) is 5.45. The number of rotatable bonds is 6. The Labute approximate surface area is 198 Å². The van der Waals surface area contributed by atoms with Gasteiger partial charge in [0.15, 0.2) is 0 Å². The maximum atomic E-state index is 12.7. The van der Waals surface area contributed by atoms with Crippen LogP contribution in [0.1, 0.15) is 12.0 Å². The zero-order valence-corrected chi connectivity index (χ0v) is 19.2. The Balaban J connectivity index is 1.39. The SMILES string of the molecule is Cc1ccc(N2C[C@H](C(=O)Nc3ccc(Oc4ccc(Br)cc4)cc3)CC2=O)cc1[N+](=O)[O-]. The van der Waals surface area contributed by atoms with Crippen molar-refractivity contribution < 1.29 is 19.2 Å². The average molecular weight is 510 g/mol. The Morgan fingerprint density at radius 1 is 1.09 bits per heavy atom. The van der Waals surface area contributed by atoms with Gasteiger partial charge >= 0.3 is 0 Å². The number of nitro groups is 1. The van der Waals surface area contributed by atoms with Crippen LogP contribution in [-0.4, -0.2) is 23.3 Å². The third kappa shape index (κ3) is 5.20. The highest BCUT2D eigenvalue weighted by molar-refractivity contribution is 9.10. The van der Waals surface area contributed by atoms with Crippen LogP contribution >= 0.6 is 15.9 Å². The minimum absolute atomic E-state index is 0.0399. The number of amides is 2. The summed E-state index contributed by atoms with van der Waals surface area (Å²) >= 11 is 3.38. The van der Waals surface area contributed by atoms with E-state index in [9.17, 15) is 19.7 Å². The number of hydrogen-bond acceptors (Lipinski definition) is 5. The second kappa shape index (κ2) is 9.41. The first kappa shape index (κ1) is 22.5. The summed E-state index contributed by atoms with van der Waals surface area (Å²) in [6, 6.07) is 19.0. The minimum Gasteiger partial charge on any atom is -0.457 e. The molecule has 2 amide bonds. The van der Waals surface area contributed by atoms with Crippen molar-refractivity contribution in [2.24, 2.45) is 5.92 Å². The first-order chi connectivity index (χ1) is 15.8. The molecule has 1 N–H and O–H groups in total. The van der Waals surface area contributed by atoms with E-state index in [4.69, 9.17) is 4.74 Å². The van der Waals surface area contributed by atoms with Crippen LogP contribution < -0.4 is 15.0 Å². The number of halogens is 1. The third-order valence-corrected chi connectivity index (χ3v) is 5.90. The molecule has 0 aliphatic carbocycles. The highest BCUT2D eigenvalue weighted by Crippen LogP contribution is 2.31. The van der Waals surface area contributed by atoms with Crippen molar-refractivity contribution in [3.05, 3.63) is 86.9 Å². The van der Waals surface area contributed by atoms with Crippen LogP contribution in [0.25, 0.3) is 0 Å². The molecule has 1 atom stereocenters. The van der Waals surface area contributed by atoms with E-state index in [0.29, 0.717) is 28.4 Å². The van der Waals surface area contributed by atoms with Crippen LogP contribution in [0.15, 0.2) is 71.2 Å². The van der Waals surface area contributed by atoms with E-state index in [-0.39, 0.29) is 30.5 Å². The van der Waals surface area contributed by atoms with Crippen molar-refractivity contribution in [1.29, 1.82) is 0 Å². The lowest BCUT2D eigenvalue weighted by Crippen LogP contribution is -2.28. The summed E-state index contributed by atoms with van der Waals surface area (Å²) in [5.74, 6) is 0.228. The molecule has 8 nitrogen and oxygen atoms in total. The molecule has 4 rings (SSSR count). The summed E-state index contributed by atoms with van der Waals surface area (Å²) in [7, 11) is 0. The number of ether oxygens (including phenoxy) is 1. The van der Waals surface area contributed by atoms with Crippen molar-refractivity contribution in [3.8, 4) is 11.5 Å². The fraction of sp³-hybridized carbons (Fsp3) is 0.167. The van der Waals surface area contributed by atoms with E-state index < -0.39 is 10.8 Å². The molecule has 168 valence electrons. The molecule has 1 aliphatic rings. The first-order valence-electron chi connectivity index (χ1n) is 10.2. The molecule has 0 radical (unpaired) electrons. The lowest BCUT2D eigenvalue weighted by Gasteiger charge is -2.17. The van der Waals surface area contributed by atoms with E-state index in [1.165, 1.54) is 11.0 Å². The number of nitro benzene ring substituents is 1. The van der Waals surface area contributed by atoms with Crippen LogP contribution in [0.3, 0.4) is 0 Å². The molecule has 0 unspecified atom stereocenters. The number of carbonyl (C=O) groups is 2. The van der Waals surface area contributed by atoms with Gasteiger partial charge in [0.05, 0.1) is 16.5 Å². The van der Waals surface area contributed by atoms with Crippen molar-refractivity contribution in [2.45, 2.75) is 13.3 Å². The van der Waals surface area contributed by atoms with Gasteiger partial charge in [-0.3, -0.25) is 19.7 Å². The standard InChI is InChI=1S/C24H20BrN3O5/c1-15-2-7-19(13-22(15)28(31)32)27-14-16(12-23(27)29)24(30)26-18-5-10-21(11-6-18)33-20-8-3-17(25)4-9-20/h2-11,13,16H,12,14H2,1H3,(H,26,30)/t16-/m1/s1. The van der Waals surface area contributed by atoms with Crippen molar-refractivity contribution in [1.82, 2.24) is 0 Å². The topological polar surface area (TPSA) is 102 Å². The smallest absolute Gasteiger partial charge is 0.274 e. The molecule has 1 aliphatic heterocycles. The van der Waals surface area contributed by atoms with Gasteiger partial charge in [0.25, 0.3) is 5.69 Å². The molecular weight excluding hydrogens is 490 g/mol. The van der Waals surface area contributed by atoms with E-state index in [1.54, 1.807) is 43.3 Å². The van der Waals surface area contributed by atoms with Gasteiger partial charge in [-0.1, -0.05) is 22.0 Å². The largest absolute Gasteiger partial charge is 0.457 e. The number of hydrogen-bond donors (Lipinski definition) is 1. The van der Waals surface area contributed by atoms with Crippen LogP contribution in [0, 0.1) is 23.0 Å². The fourth-order valence-corrected chi connectivity index (χ4v) is 3.85. The molecule has 0 aromatic heterocycles. The number of nitrogens with zero attached hydrogens (tertiary/aromatic N) is 2. The van der Waals surface area contributed by atoms with E-state index in [2.05, 4.69) is 21.2 Å². The molecule has 0 spiro atoms. The lowest BCUT2D eigenvalue weighted by molar-refractivity contribution is -0.385. The molecule has 1 saturated heterocycles. The molecule has 9 heteroatoms. The van der Waals surface area contributed by atoms with Crippen molar-refractivity contribution in [2.75, 3.05) is 16.8 Å². The summed E-state index contributed by atoms with van der Waals surface area (Å²) < 4.78 is 6.73. The summed E-state index contributed by atoms with van der Waals surface area (Å²) in [6.07, 6.45) is 0.0399. The molecule has 0 saturated carbocycles. The third-order valence-electron chi connectivity index (χ3n) is 5.37. The van der Waals surface area contributed by atoms with Gasteiger partial charge < -0.3 is 15.0 Å². The number of benzene rings is 3. The summed E-state index contributed by atoms with van der Waals surface area (Å²) in [4.78, 5) is 37.4. The monoisotopic (exact) mass is 509 g/mol. The van der Waals surface area contributed by atoms with Gasteiger partial charge in [-0.25, -0.2) is 0 Å². The number of carbonyl (C=O) groups excluding carboxylic acids is 2. The van der Waals surface area contributed by atoms with Gasteiger partial charge in [0, 0.05) is 34.8 Å². The Morgan fingerprint density at radius 3 is 2.36 bits per heavy atom. The molecule has 3 aromatic rings. The van der Waals surface area contributed by atoms with Crippen LogP contribution in [0.4, 0.5) is 17.1 Å². The quantitative estimate of drug-likeness (QED) is 0.351. The van der Waals surface area contributed by atoms with Crippen LogP contribution in [0.5, 0.6) is 11.5 Å². The zero-order valence-electron chi connectivity index (χ0n) is 17.7. The van der Waals surface area contributed by atoms with Crippen LogP contribution in [-0.2, 0) is 9.59 Å². The van der Waals surface area contributed by atoms with Gasteiger partial charge in [0.1, 0.15) is 11.5 Å². The van der Waals surface area contributed by atoms with E-state index in [1.807, 2.05) is 24.3 Å². The van der Waals surface area contributed by atoms with Gasteiger partial charge in [-0.05, 0) is 61.5 Å². The second-order valence-electron chi connectivity index (χ2n) is 7.70. The number of nitrogens with one attached hydrogen (secondary N) is 1. The molecule has 0 bridgehead atoms. The molecule has 1 fully saturated rings. The molecule has 3 aromatic carbocycles.